The van der Waals surface area contributed by atoms with Crippen molar-refractivity contribution in [2.45, 2.75) is 5.41 Å². The largest absolute Gasteiger partial charge is 0.309 e. The summed E-state index contributed by atoms with van der Waals surface area (Å²) in [7, 11) is 0. The molecular formula is C59H38N2. The zero-order valence-corrected chi connectivity index (χ0v) is 33.3. The highest BCUT2D eigenvalue weighted by molar-refractivity contribution is 6.14. The highest BCUT2D eigenvalue weighted by Gasteiger charge is 2.51. The molecule has 2 aliphatic rings. The summed E-state index contributed by atoms with van der Waals surface area (Å²) in [6, 6.07) is 85.4. The third kappa shape index (κ3) is 4.62. The van der Waals surface area contributed by atoms with Gasteiger partial charge in [-0.3, -0.25) is 0 Å². The average Bonchev–Trinajstić information content (AvgIpc) is 3.83. The first-order chi connectivity index (χ1) is 30.3. The van der Waals surface area contributed by atoms with E-state index >= 15 is 0 Å². The zero-order valence-electron chi connectivity index (χ0n) is 33.3. The summed E-state index contributed by atoms with van der Waals surface area (Å²) in [6.07, 6.45) is 0. The normalized spacial score (nSPS) is 14.6. The van der Waals surface area contributed by atoms with Crippen molar-refractivity contribution in [3.05, 3.63) is 253 Å². The number of nitrogens with zero attached hydrogens (tertiary/aromatic N) is 2. The second kappa shape index (κ2) is 13.0. The van der Waals surface area contributed by atoms with Crippen LogP contribution in [-0.2, 0) is 5.41 Å². The molecule has 0 bridgehead atoms. The molecule has 0 amide bonds. The van der Waals surface area contributed by atoms with Gasteiger partial charge in [0, 0.05) is 27.3 Å². The maximum Gasteiger partial charge on any atom is 0.0755 e. The predicted molar refractivity (Wildman–Crippen MR) is 255 cm³/mol. The number of rotatable bonds is 5. The molecule has 0 fully saturated rings. The van der Waals surface area contributed by atoms with Crippen LogP contribution in [0, 0.1) is 0 Å². The topological polar surface area (TPSA) is 8.17 Å². The lowest BCUT2D eigenvalue weighted by Gasteiger charge is -2.39. The number of aromatic nitrogens is 1. The van der Waals surface area contributed by atoms with E-state index in [1.807, 2.05) is 0 Å². The van der Waals surface area contributed by atoms with Crippen molar-refractivity contribution in [3.63, 3.8) is 0 Å². The Morgan fingerprint density at radius 1 is 0.328 bits per heavy atom. The first-order valence-electron chi connectivity index (χ1n) is 21.2. The van der Waals surface area contributed by atoms with Crippen LogP contribution in [0.25, 0.3) is 71.6 Å². The minimum atomic E-state index is -0.563. The van der Waals surface area contributed by atoms with Crippen molar-refractivity contribution >= 4 is 49.6 Å². The van der Waals surface area contributed by atoms with Crippen LogP contribution >= 0.6 is 0 Å². The Labute approximate surface area is 354 Å². The molecule has 0 N–H and O–H groups in total. The maximum atomic E-state index is 2.56. The van der Waals surface area contributed by atoms with Crippen molar-refractivity contribution in [3.8, 4) is 39.1 Å². The van der Waals surface area contributed by atoms with Gasteiger partial charge in [0.25, 0.3) is 0 Å². The third-order valence-electron chi connectivity index (χ3n) is 13.4. The van der Waals surface area contributed by atoms with E-state index in [4.69, 9.17) is 0 Å². The first-order valence-corrected chi connectivity index (χ1v) is 21.2. The van der Waals surface area contributed by atoms with Gasteiger partial charge in [-0.15, -0.1) is 0 Å². The quantitative estimate of drug-likeness (QED) is 0.169. The Balaban J connectivity index is 1.16. The lowest BCUT2D eigenvalue weighted by Crippen LogP contribution is -2.33. The molecule has 2 heterocycles. The molecule has 1 aromatic heterocycles. The summed E-state index contributed by atoms with van der Waals surface area (Å²) in [5, 5.41) is 4.97. The molecule has 2 heteroatoms. The smallest absolute Gasteiger partial charge is 0.0755 e. The summed E-state index contributed by atoms with van der Waals surface area (Å²) in [4.78, 5) is 2.56. The number of hydrogen-bond acceptors (Lipinski definition) is 1. The Morgan fingerprint density at radius 3 is 1.77 bits per heavy atom. The van der Waals surface area contributed by atoms with E-state index in [-0.39, 0.29) is 0 Å². The minimum absolute atomic E-state index is 0.563. The minimum Gasteiger partial charge on any atom is -0.309 e. The molecule has 13 rings (SSSR count). The average molecular weight is 775 g/mol. The second-order valence-electron chi connectivity index (χ2n) is 16.3. The Bertz CT molecular complexity index is 3550. The molecule has 0 saturated carbocycles. The van der Waals surface area contributed by atoms with Gasteiger partial charge in [-0.25, -0.2) is 0 Å². The van der Waals surface area contributed by atoms with E-state index in [9.17, 15) is 0 Å². The summed E-state index contributed by atoms with van der Waals surface area (Å²) in [5.74, 6) is 0. The molecule has 0 saturated heterocycles. The van der Waals surface area contributed by atoms with Crippen molar-refractivity contribution in [1.29, 1.82) is 0 Å². The van der Waals surface area contributed by atoms with Gasteiger partial charge in [0.2, 0.25) is 0 Å². The van der Waals surface area contributed by atoms with Crippen LogP contribution in [0.2, 0.25) is 0 Å². The van der Waals surface area contributed by atoms with Crippen LogP contribution in [-0.4, -0.2) is 4.57 Å². The Hall–Kier alpha value is -7.94. The van der Waals surface area contributed by atoms with E-state index in [1.54, 1.807) is 0 Å². The zero-order chi connectivity index (χ0) is 40.1. The standard InChI is InChI=1S/C59H38N2/c1-2-19-39(20-3-1)41-23-6-7-25-43(41)44-26-9-13-34-53(44)60(52-37-16-22-40-21-4-5-24-42(40)52)56-38-18-32-50-57(56)47-28-8-11-30-48(47)59(50)49-31-12-15-36-55(49)61-54-35-14-10-27-45(54)46-29-17-33-51(59)58(46)61/h1-38H. The van der Waals surface area contributed by atoms with Gasteiger partial charge in [0.05, 0.1) is 39.2 Å². The number of fused-ring (bicyclic) bond motifs is 13. The van der Waals surface area contributed by atoms with Crippen molar-refractivity contribution in [1.82, 2.24) is 4.57 Å². The van der Waals surface area contributed by atoms with Gasteiger partial charge in [-0.2, -0.15) is 0 Å². The molecule has 0 radical (unpaired) electrons. The fourth-order valence-electron chi connectivity index (χ4n) is 11.1. The van der Waals surface area contributed by atoms with E-state index in [2.05, 4.69) is 240 Å². The SMILES string of the molecule is c1ccc(-c2ccccc2-c2ccccc2N(c2cccc3c2-c2ccccc2C32c3ccccc3-n3c4ccccc4c4cccc2c43)c2cccc3ccccc23)cc1. The van der Waals surface area contributed by atoms with Gasteiger partial charge in [-0.05, 0) is 80.2 Å². The van der Waals surface area contributed by atoms with Gasteiger partial charge < -0.3 is 9.47 Å². The van der Waals surface area contributed by atoms with Gasteiger partial charge in [-0.1, -0.05) is 200 Å². The highest BCUT2D eigenvalue weighted by Crippen LogP contribution is 2.63. The molecule has 1 atom stereocenters. The van der Waals surface area contributed by atoms with E-state index < -0.39 is 5.41 Å². The maximum absolute atomic E-state index is 2.56. The highest BCUT2D eigenvalue weighted by atomic mass is 15.2. The Kier molecular flexibility index (Phi) is 7.26. The molecule has 10 aromatic carbocycles. The lowest BCUT2D eigenvalue weighted by atomic mass is 9.65. The fraction of sp³-hybridized carbons (Fsp3) is 0.0169. The summed E-state index contributed by atoms with van der Waals surface area (Å²) < 4.78 is 2.52. The Morgan fingerprint density at radius 2 is 0.885 bits per heavy atom. The molecule has 1 aliphatic heterocycles. The van der Waals surface area contributed by atoms with Crippen LogP contribution in [0.3, 0.4) is 0 Å². The molecule has 1 aliphatic carbocycles. The van der Waals surface area contributed by atoms with Crippen LogP contribution in [0.5, 0.6) is 0 Å². The lowest BCUT2D eigenvalue weighted by molar-refractivity contribution is 0.748. The van der Waals surface area contributed by atoms with E-state index in [1.165, 1.54) is 93.9 Å². The second-order valence-corrected chi connectivity index (χ2v) is 16.3. The molecule has 1 unspecified atom stereocenters. The van der Waals surface area contributed by atoms with E-state index in [0.717, 1.165) is 17.1 Å². The summed E-state index contributed by atoms with van der Waals surface area (Å²) >= 11 is 0. The van der Waals surface area contributed by atoms with Crippen molar-refractivity contribution < 1.29 is 0 Å². The fourth-order valence-corrected chi connectivity index (χ4v) is 11.1. The van der Waals surface area contributed by atoms with Crippen LogP contribution in [0.1, 0.15) is 22.3 Å². The van der Waals surface area contributed by atoms with Gasteiger partial charge in [0.1, 0.15) is 0 Å². The number of para-hydroxylation sites is 4. The van der Waals surface area contributed by atoms with Crippen LogP contribution in [0.15, 0.2) is 231 Å². The number of hydrogen-bond donors (Lipinski definition) is 0. The first kappa shape index (κ1) is 34.0. The molecule has 1 spiro atoms. The molecular weight excluding hydrogens is 737 g/mol. The number of anilines is 3. The van der Waals surface area contributed by atoms with Crippen molar-refractivity contribution in [2.24, 2.45) is 0 Å². The number of benzene rings is 10. The molecule has 2 nitrogen and oxygen atoms in total. The van der Waals surface area contributed by atoms with Crippen LogP contribution < -0.4 is 4.90 Å². The summed E-state index contributed by atoms with van der Waals surface area (Å²) in [6.45, 7) is 0. The van der Waals surface area contributed by atoms with Gasteiger partial charge >= 0.3 is 0 Å². The third-order valence-corrected chi connectivity index (χ3v) is 13.4. The van der Waals surface area contributed by atoms with Crippen LogP contribution in [0.4, 0.5) is 17.1 Å². The molecule has 61 heavy (non-hydrogen) atoms. The predicted octanol–water partition coefficient (Wildman–Crippen LogP) is 15.4. The molecule has 11 aromatic rings. The van der Waals surface area contributed by atoms with Crippen molar-refractivity contribution in [2.75, 3.05) is 4.90 Å². The monoisotopic (exact) mass is 774 g/mol. The van der Waals surface area contributed by atoms with E-state index in [0.29, 0.717) is 0 Å². The van der Waals surface area contributed by atoms with Gasteiger partial charge in [0.15, 0.2) is 0 Å². The summed E-state index contributed by atoms with van der Waals surface area (Å²) in [5.41, 5.74) is 19.1. The molecule has 284 valence electrons.